The summed E-state index contributed by atoms with van der Waals surface area (Å²) < 4.78 is 5.43. The molecule has 5 nitrogen and oxygen atoms in total. The molecule has 0 aromatic carbocycles. The second kappa shape index (κ2) is 5.25. The van der Waals surface area contributed by atoms with Crippen molar-refractivity contribution in [1.82, 2.24) is 9.80 Å². The summed E-state index contributed by atoms with van der Waals surface area (Å²) in [6.07, 6.45) is 0. The zero-order chi connectivity index (χ0) is 14.0. The van der Waals surface area contributed by atoms with Gasteiger partial charge in [0.25, 0.3) is 5.91 Å². The highest BCUT2D eigenvalue weighted by Gasteiger charge is 2.23. The summed E-state index contributed by atoms with van der Waals surface area (Å²) in [5, 5.41) is 0. The lowest BCUT2D eigenvalue weighted by molar-refractivity contribution is -0.129. The molecule has 1 rings (SSSR count). The molecule has 0 radical (unpaired) electrons. The number of hydrogen-bond donors (Lipinski definition) is 0. The van der Waals surface area contributed by atoms with Crippen LogP contribution in [0.2, 0.25) is 0 Å². The van der Waals surface area contributed by atoms with Crippen LogP contribution in [0.1, 0.15) is 27.4 Å². The zero-order valence-electron chi connectivity index (χ0n) is 11.8. The predicted molar refractivity (Wildman–Crippen MR) is 68.6 cm³/mol. The maximum absolute atomic E-state index is 12.3. The average molecular weight is 252 g/mol. The van der Waals surface area contributed by atoms with Gasteiger partial charge in [-0.05, 0) is 20.8 Å². The summed E-state index contributed by atoms with van der Waals surface area (Å²) in [5.74, 6) is 1.04. The van der Waals surface area contributed by atoms with Gasteiger partial charge >= 0.3 is 0 Å². The molecule has 0 aliphatic heterocycles. The largest absolute Gasteiger partial charge is 0.466 e. The fourth-order valence-corrected chi connectivity index (χ4v) is 1.72. The van der Waals surface area contributed by atoms with Crippen molar-refractivity contribution in [3.63, 3.8) is 0 Å². The van der Waals surface area contributed by atoms with Crippen molar-refractivity contribution >= 4 is 11.8 Å². The number of carbonyl (C=O) groups is 2. The van der Waals surface area contributed by atoms with Crippen LogP contribution in [0.3, 0.4) is 0 Å². The van der Waals surface area contributed by atoms with Gasteiger partial charge < -0.3 is 14.2 Å². The fourth-order valence-electron chi connectivity index (χ4n) is 1.72. The van der Waals surface area contributed by atoms with Crippen LogP contribution in [0.5, 0.6) is 0 Å². The number of aryl methyl sites for hydroxylation is 2. The molecule has 1 aromatic rings. The predicted octanol–water partition coefficient (Wildman–Crippen LogP) is 1.37. The number of likely N-dealkylation sites (N-methyl/N-ethyl adjacent to an activating group) is 2. The fraction of sp³-hybridized carbons (Fsp3) is 0.538. The highest BCUT2D eigenvalue weighted by atomic mass is 16.3. The minimum atomic E-state index is -0.183. The van der Waals surface area contributed by atoms with Gasteiger partial charge in [-0.15, -0.1) is 0 Å². The Bertz CT molecular complexity index is 475. The van der Waals surface area contributed by atoms with Crippen molar-refractivity contribution in [3.8, 4) is 0 Å². The Morgan fingerprint density at radius 1 is 1.06 bits per heavy atom. The maximum atomic E-state index is 12.3. The summed E-state index contributed by atoms with van der Waals surface area (Å²) in [6.45, 7) is 5.49. The molecule has 0 atom stereocenters. The van der Waals surface area contributed by atoms with E-state index in [-0.39, 0.29) is 18.4 Å². The van der Waals surface area contributed by atoms with Crippen LogP contribution < -0.4 is 0 Å². The summed E-state index contributed by atoms with van der Waals surface area (Å²) in [6, 6.07) is 0. The minimum absolute atomic E-state index is 0.0644. The highest BCUT2D eigenvalue weighted by Crippen LogP contribution is 2.21. The maximum Gasteiger partial charge on any atom is 0.257 e. The molecule has 0 bridgehead atoms. The molecule has 0 saturated carbocycles. The van der Waals surface area contributed by atoms with E-state index in [1.54, 1.807) is 28.1 Å². The lowest BCUT2D eigenvalue weighted by atomic mass is 10.1. The van der Waals surface area contributed by atoms with Crippen molar-refractivity contribution in [2.45, 2.75) is 20.8 Å². The molecule has 5 heteroatoms. The molecular weight excluding hydrogens is 232 g/mol. The Labute approximate surface area is 107 Å². The molecule has 0 fully saturated rings. The monoisotopic (exact) mass is 252 g/mol. The lowest BCUT2D eigenvalue weighted by Gasteiger charge is -2.19. The molecule has 18 heavy (non-hydrogen) atoms. The number of furan rings is 1. The molecule has 1 heterocycles. The van der Waals surface area contributed by atoms with Crippen LogP contribution in [-0.4, -0.2) is 49.3 Å². The molecule has 1 aromatic heterocycles. The molecular formula is C13H20N2O3. The van der Waals surface area contributed by atoms with Gasteiger partial charge in [-0.1, -0.05) is 0 Å². The first-order valence-electron chi connectivity index (χ1n) is 5.78. The number of carbonyl (C=O) groups excluding carboxylic acids is 2. The first-order chi connectivity index (χ1) is 8.25. The van der Waals surface area contributed by atoms with E-state index in [4.69, 9.17) is 4.42 Å². The zero-order valence-corrected chi connectivity index (χ0v) is 11.8. The molecule has 0 aliphatic rings. The van der Waals surface area contributed by atoms with Gasteiger partial charge in [0.15, 0.2) is 0 Å². The van der Waals surface area contributed by atoms with E-state index in [1.807, 2.05) is 13.8 Å². The average Bonchev–Trinajstić information content (AvgIpc) is 2.52. The van der Waals surface area contributed by atoms with Gasteiger partial charge in [0, 0.05) is 26.7 Å². The normalized spacial score (nSPS) is 10.3. The quantitative estimate of drug-likeness (QED) is 0.816. The van der Waals surface area contributed by atoms with Crippen molar-refractivity contribution in [2.75, 3.05) is 27.7 Å². The first kappa shape index (κ1) is 14.3. The number of amides is 2. The molecule has 0 aliphatic carbocycles. The van der Waals surface area contributed by atoms with Gasteiger partial charge in [-0.2, -0.15) is 0 Å². The molecule has 0 saturated heterocycles. The van der Waals surface area contributed by atoms with Crippen LogP contribution in [0.25, 0.3) is 0 Å². The van der Waals surface area contributed by atoms with Gasteiger partial charge in [0.05, 0.1) is 12.1 Å². The van der Waals surface area contributed by atoms with Crippen LogP contribution >= 0.6 is 0 Å². The van der Waals surface area contributed by atoms with Crippen LogP contribution in [-0.2, 0) is 4.79 Å². The molecule has 2 amide bonds. The van der Waals surface area contributed by atoms with Gasteiger partial charge in [-0.3, -0.25) is 9.59 Å². The van der Waals surface area contributed by atoms with Crippen LogP contribution in [0.4, 0.5) is 0 Å². The topological polar surface area (TPSA) is 53.8 Å². The minimum Gasteiger partial charge on any atom is -0.466 e. The summed E-state index contributed by atoms with van der Waals surface area (Å²) in [7, 11) is 4.95. The summed E-state index contributed by atoms with van der Waals surface area (Å²) in [4.78, 5) is 26.7. The number of rotatable bonds is 3. The van der Waals surface area contributed by atoms with Crippen LogP contribution in [0, 0.1) is 20.8 Å². The van der Waals surface area contributed by atoms with Crippen molar-refractivity contribution in [2.24, 2.45) is 0 Å². The third-order valence-corrected chi connectivity index (χ3v) is 2.99. The van der Waals surface area contributed by atoms with Crippen LogP contribution in [0.15, 0.2) is 4.42 Å². The van der Waals surface area contributed by atoms with E-state index in [1.165, 1.54) is 9.80 Å². The second-order valence-electron chi connectivity index (χ2n) is 4.66. The van der Waals surface area contributed by atoms with Crippen molar-refractivity contribution in [3.05, 3.63) is 22.6 Å². The molecule has 0 N–H and O–H groups in total. The Morgan fingerprint density at radius 3 is 2.00 bits per heavy atom. The van der Waals surface area contributed by atoms with E-state index in [0.717, 1.165) is 11.3 Å². The van der Waals surface area contributed by atoms with Gasteiger partial charge in [0.1, 0.15) is 11.5 Å². The third-order valence-electron chi connectivity index (χ3n) is 2.99. The smallest absolute Gasteiger partial charge is 0.257 e. The Kier molecular flexibility index (Phi) is 4.16. The number of hydrogen-bond acceptors (Lipinski definition) is 3. The summed E-state index contributed by atoms with van der Waals surface area (Å²) >= 11 is 0. The van der Waals surface area contributed by atoms with Crippen molar-refractivity contribution in [1.29, 1.82) is 0 Å². The Balaban J connectivity index is 2.90. The van der Waals surface area contributed by atoms with E-state index < -0.39 is 0 Å². The first-order valence-corrected chi connectivity index (χ1v) is 5.78. The standard InChI is InChI=1S/C13H20N2O3/c1-8-9(2)18-10(3)12(8)13(17)15(6)7-11(16)14(4)5/h7H2,1-6H3. The Hall–Kier alpha value is -1.78. The van der Waals surface area contributed by atoms with Crippen molar-refractivity contribution < 1.29 is 14.0 Å². The third kappa shape index (κ3) is 2.72. The van der Waals surface area contributed by atoms with Gasteiger partial charge in [-0.25, -0.2) is 0 Å². The number of nitrogens with zero attached hydrogens (tertiary/aromatic N) is 2. The van der Waals surface area contributed by atoms with Gasteiger partial charge in [0.2, 0.25) is 5.91 Å². The second-order valence-corrected chi connectivity index (χ2v) is 4.66. The lowest BCUT2D eigenvalue weighted by Crippen LogP contribution is -2.38. The molecule has 0 spiro atoms. The highest BCUT2D eigenvalue weighted by molar-refractivity contribution is 5.98. The van der Waals surface area contributed by atoms with E-state index in [0.29, 0.717) is 11.3 Å². The summed E-state index contributed by atoms with van der Waals surface area (Å²) in [5.41, 5.74) is 1.39. The Morgan fingerprint density at radius 2 is 1.61 bits per heavy atom. The van der Waals surface area contributed by atoms with E-state index in [2.05, 4.69) is 0 Å². The van der Waals surface area contributed by atoms with E-state index >= 15 is 0 Å². The SMILES string of the molecule is Cc1oc(C)c(C(=O)N(C)CC(=O)N(C)C)c1C. The molecule has 0 unspecified atom stereocenters. The van der Waals surface area contributed by atoms with E-state index in [9.17, 15) is 9.59 Å². The molecule has 100 valence electrons.